The summed E-state index contributed by atoms with van der Waals surface area (Å²) in [4.78, 5) is 0. The molecular formula is C25H27F3N2O. The van der Waals surface area contributed by atoms with Crippen molar-refractivity contribution >= 4 is 0 Å². The summed E-state index contributed by atoms with van der Waals surface area (Å²) in [6.07, 6.45) is 1.12. The Labute approximate surface area is 180 Å². The van der Waals surface area contributed by atoms with Gasteiger partial charge in [-0.15, -0.1) is 0 Å². The zero-order valence-electron chi connectivity index (χ0n) is 17.6. The topological polar surface area (TPSA) is 26.2 Å². The smallest absolute Gasteiger partial charge is 0.376 e. The lowest BCUT2D eigenvalue weighted by Gasteiger charge is -2.38. The fourth-order valence-corrected chi connectivity index (χ4v) is 4.36. The molecule has 6 heteroatoms. The zero-order valence-corrected chi connectivity index (χ0v) is 17.6. The number of aromatic nitrogens is 1. The second kappa shape index (κ2) is 8.89. The van der Waals surface area contributed by atoms with E-state index in [1.807, 2.05) is 48.3 Å². The molecule has 164 valence electrons. The molecule has 0 spiro atoms. The van der Waals surface area contributed by atoms with E-state index in [4.69, 9.17) is 4.74 Å². The molecule has 3 nitrogen and oxygen atoms in total. The maximum Gasteiger partial charge on any atom is 0.416 e. The fraction of sp³-hybridized carbons (Fsp3) is 0.360. The number of hydrogen-bond donors (Lipinski definition) is 1. The van der Waals surface area contributed by atoms with Gasteiger partial charge in [0.15, 0.2) is 0 Å². The highest BCUT2D eigenvalue weighted by Crippen LogP contribution is 2.36. The SMILES string of the molecule is Cn1ccc(-c2cc(COCC3(c4ccccc4)CCNCC3)cc(C(F)(F)F)c2)c1. The van der Waals surface area contributed by atoms with Crippen LogP contribution in [0.5, 0.6) is 0 Å². The minimum absolute atomic E-state index is 0.115. The minimum atomic E-state index is -4.40. The van der Waals surface area contributed by atoms with Gasteiger partial charge >= 0.3 is 6.18 Å². The van der Waals surface area contributed by atoms with Crippen LogP contribution in [0.1, 0.15) is 29.5 Å². The maximum atomic E-state index is 13.5. The van der Waals surface area contributed by atoms with E-state index in [9.17, 15) is 13.2 Å². The Morgan fingerprint density at radius 2 is 1.74 bits per heavy atom. The van der Waals surface area contributed by atoms with Gasteiger partial charge in [0.25, 0.3) is 0 Å². The lowest BCUT2D eigenvalue weighted by atomic mass is 9.74. The minimum Gasteiger partial charge on any atom is -0.376 e. The third-order valence-corrected chi connectivity index (χ3v) is 6.08. The van der Waals surface area contributed by atoms with Crippen LogP contribution in [0.3, 0.4) is 0 Å². The largest absolute Gasteiger partial charge is 0.416 e. The van der Waals surface area contributed by atoms with Gasteiger partial charge in [-0.3, -0.25) is 0 Å². The Kier molecular flexibility index (Phi) is 6.21. The number of nitrogens with zero attached hydrogens (tertiary/aromatic N) is 1. The summed E-state index contributed by atoms with van der Waals surface area (Å²) in [6.45, 7) is 2.43. The van der Waals surface area contributed by atoms with Crippen molar-refractivity contribution in [2.45, 2.75) is 31.0 Å². The van der Waals surface area contributed by atoms with Crippen LogP contribution in [0.4, 0.5) is 13.2 Å². The van der Waals surface area contributed by atoms with E-state index >= 15 is 0 Å². The molecule has 4 rings (SSSR count). The van der Waals surface area contributed by atoms with E-state index in [0.29, 0.717) is 17.7 Å². The van der Waals surface area contributed by atoms with Gasteiger partial charge in [0, 0.05) is 24.9 Å². The van der Waals surface area contributed by atoms with Gasteiger partial charge in [-0.2, -0.15) is 13.2 Å². The Hall–Kier alpha value is -2.57. The van der Waals surface area contributed by atoms with Crippen molar-refractivity contribution in [1.82, 2.24) is 9.88 Å². The average molecular weight is 428 g/mol. The number of nitrogens with one attached hydrogen (secondary N) is 1. The molecule has 1 aliphatic rings. The van der Waals surface area contributed by atoms with Crippen molar-refractivity contribution in [2.24, 2.45) is 7.05 Å². The summed E-state index contributed by atoms with van der Waals surface area (Å²) in [6, 6.07) is 16.3. The molecule has 0 bridgehead atoms. The van der Waals surface area contributed by atoms with Gasteiger partial charge in [0.2, 0.25) is 0 Å². The van der Waals surface area contributed by atoms with Gasteiger partial charge in [-0.25, -0.2) is 0 Å². The molecule has 0 saturated carbocycles. The van der Waals surface area contributed by atoms with Gasteiger partial charge < -0.3 is 14.6 Å². The fourth-order valence-electron chi connectivity index (χ4n) is 4.36. The number of alkyl halides is 3. The standard InChI is InChI=1S/C25H27F3N2O/c1-30-12-7-20(16-30)21-13-19(14-23(15-21)25(26,27)28)17-31-18-24(8-10-29-11-9-24)22-5-3-2-4-6-22/h2-7,12-16,29H,8-11,17-18H2,1H3. The number of aryl methyl sites for hydroxylation is 1. The molecule has 1 aliphatic heterocycles. The summed E-state index contributed by atoms with van der Waals surface area (Å²) in [5.74, 6) is 0. The van der Waals surface area contributed by atoms with Crippen molar-refractivity contribution in [1.29, 1.82) is 0 Å². The monoisotopic (exact) mass is 428 g/mol. The first-order valence-electron chi connectivity index (χ1n) is 10.5. The summed E-state index contributed by atoms with van der Waals surface area (Å²) in [5.41, 5.74) is 2.31. The number of rotatable bonds is 6. The average Bonchev–Trinajstić information content (AvgIpc) is 3.21. The maximum absolute atomic E-state index is 13.5. The Morgan fingerprint density at radius 1 is 1.00 bits per heavy atom. The lowest BCUT2D eigenvalue weighted by Crippen LogP contribution is -2.43. The third-order valence-electron chi connectivity index (χ3n) is 6.08. The van der Waals surface area contributed by atoms with E-state index in [-0.39, 0.29) is 12.0 Å². The molecule has 1 N–H and O–H groups in total. The lowest BCUT2D eigenvalue weighted by molar-refractivity contribution is -0.137. The van der Waals surface area contributed by atoms with Crippen molar-refractivity contribution in [3.8, 4) is 11.1 Å². The van der Waals surface area contributed by atoms with Gasteiger partial charge in [-0.05, 0) is 72.5 Å². The van der Waals surface area contributed by atoms with Crippen LogP contribution in [-0.2, 0) is 30.0 Å². The Balaban J connectivity index is 1.56. The highest BCUT2D eigenvalue weighted by Gasteiger charge is 2.34. The predicted molar refractivity (Wildman–Crippen MR) is 116 cm³/mol. The molecule has 0 amide bonds. The molecule has 1 saturated heterocycles. The summed E-state index contributed by atoms with van der Waals surface area (Å²) < 4.78 is 48.4. The third kappa shape index (κ3) is 5.02. The molecule has 1 fully saturated rings. The van der Waals surface area contributed by atoms with Crippen LogP contribution in [0.15, 0.2) is 67.0 Å². The first-order chi connectivity index (χ1) is 14.9. The van der Waals surface area contributed by atoms with E-state index in [1.165, 1.54) is 17.7 Å². The van der Waals surface area contributed by atoms with E-state index < -0.39 is 11.7 Å². The Morgan fingerprint density at radius 3 is 2.39 bits per heavy atom. The molecule has 2 heterocycles. The molecular weight excluding hydrogens is 401 g/mol. The van der Waals surface area contributed by atoms with Crippen molar-refractivity contribution in [3.05, 3.63) is 83.7 Å². The first-order valence-corrected chi connectivity index (χ1v) is 10.5. The van der Waals surface area contributed by atoms with E-state index in [2.05, 4.69) is 17.4 Å². The van der Waals surface area contributed by atoms with Crippen LogP contribution >= 0.6 is 0 Å². The molecule has 0 aliphatic carbocycles. The highest BCUT2D eigenvalue weighted by molar-refractivity contribution is 5.65. The van der Waals surface area contributed by atoms with Crippen molar-refractivity contribution in [3.63, 3.8) is 0 Å². The molecule has 0 radical (unpaired) electrons. The second-order valence-electron chi connectivity index (χ2n) is 8.37. The number of benzene rings is 2. The summed E-state index contributed by atoms with van der Waals surface area (Å²) in [5, 5.41) is 3.39. The van der Waals surface area contributed by atoms with Gasteiger partial charge in [0.05, 0.1) is 18.8 Å². The summed E-state index contributed by atoms with van der Waals surface area (Å²) in [7, 11) is 1.85. The normalized spacial score (nSPS) is 16.4. The number of ether oxygens (including phenoxy) is 1. The molecule has 0 unspecified atom stereocenters. The van der Waals surface area contributed by atoms with Crippen LogP contribution in [0.25, 0.3) is 11.1 Å². The quantitative estimate of drug-likeness (QED) is 0.557. The number of halogens is 3. The van der Waals surface area contributed by atoms with Gasteiger partial charge in [0.1, 0.15) is 0 Å². The number of hydrogen-bond acceptors (Lipinski definition) is 2. The molecule has 0 atom stereocenters. The van der Waals surface area contributed by atoms with E-state index in [1.54, 1.807) is 6.07 Å². The predicted octanol–water partition coefficient (Wildman–Crippen LogP) is 5.55. The van der Waals surface area contributed by atoms with Crippen molar-refractivity contribution < 1.29 is 17.9 Å². The van der Waals surface area contributed by atoms with Gasteiger partial charge in [-0.1, -0.05) is 30.3 Å². The van der Waals surface area contributed by atoms with E-state index in [0.717, 1.165) is 31.5 Å². The van der Waals surface area contributed by atoms with Crippen molar-refractivity contribution in [2.75, 3.05) is 19.7 Å². The summed E-state index contributed by atoms with van der Waals surface area (Å²) >= 11 is 0. The molecule has 3 aromatic rings. The van der Waals surface area contributed by atoms with Crippen LogP contribution in [0, 0.1) is 0 Å². The van der Waals surface area contributed by atoms with Crippen LogP contribution in [-0.4, -0.2) is 24.3 Å². The first kappa shape index (κ1) is 21.7. The number of piperidine rings is 1. The van der Waals surface area contributed by atoms with Crippen LogP contribution in [0.2, 0.25) is 0 Å². The molecule has 31 heavy (non-hydrogen) atoms. The second-order valence-corrected chi connectivity index (χ2v) is 8.37. The Bertz CT molecular complexity index is 1010. The zero-order chi connectivity index (χ0) is 21.9. The highest BCUT2D eigenvalue weighted by atomic mass is 19.4. The molecule has 1 aromatic heterocycles. The molecule has 2 aromatic carbocycles. The van der Waals surface area contributed by atoms with Crippen LogP contribution < -0.4 is 5.32 Å².